The van der Waals surface area contributed by atoms with E-state index in [0.29, 0.717) is 0 Å². The molecule has 6 aromatic carbocycles. The Bertz CT molecular complexity index is 1520. The number of hydrogen-bond acceptors (Lipinski definition) is 0. The minimum Gasteiger partial charge on any atom is -0.0622 e. The van der Waals surface area contributed by atoms with Gasteiger partial charge in [0.25, 0.3) is 0 Å². The van der Waals surface area contributed by atoms with Crippen molar-refractivity contribution in [1.82, 2.24) is 0 Å². The Morgan fingerprint density at radius 1 is 0.333 bits per heavy atom. The lowest BCUT2D eigenvalue weighted by Gasteiger charge is -2.16. The molecular formula is C30H20. The van der Waals surface area contributed by atoms with E-state index in [4.69, 9.17) is 0 Å². The molecule has 0 aliphatic rings. The molecule has 30 heavy (non-hydrogen) atoms. The Balaban J connectivity index is 1.76. The fourth-order valence-corrected chi connectivity index (χ4v) is 4.60. The van der Waals surface area contributed by atoms with Crippen LogP contribution in [0.15, 0.2) is 121 Å². The molecule has 0 spiro atoms. The van der Waals surface area contributed by atoms with Crippen molar-refractivity contribution < 1.29 is 0 Å². The van der Waals surface area contributed by atoms with Gasteiger partial charge < -0.3 is 0 Å². The van der Waals surface area contributed by atoms with E-state index in [9.17, 15) is 0 Å². The van der Waals surface area contributed by atoms with Crippen molar-refractivity contribution in [2.75, 3.05) is 0 Å². The molecule has 0 heterocycles. The van der Waals surface area contributed by atoms with Crippen LogP contribution in [0.4, 0.5) is 0 Å². The first-order valence-corrected chi connectivity index (χ1v) is 10.4. The molecule has 0 amide bonds. The summed E-state index contributed by atoms with van der Waals surface area (Å²) in [6.07, 6.45) is 0. The molecule has 0 radical (unpaired) electrons. The first-order chi connectivity index (χ1) is 14.9. The van der Waals surface area contributed by atoms with Gasteiger partial charge in [-0.25, -0.2) is 0 Å². The van der Waals surface area contributed by atoms with Crippen LogP contribution in [0.1, 0.15) is 0 Å². The molecule has 0 heteroatoms. The molecule has 0 fully saturated rings. The van der Waals surface area contributed by atoms with E-state index in [2.05, 4.69) is 121 Å². The third-order valence-corrected chi connectivity index (χ3v) is 6.03. The van der Waals surface area contributed by atoms with Gasteiger partial charge in [0.15, 0.2) is 0 Å². The number of benzene rings is 6. The Kier molecular flexibility index (Phi) is 3.89. The SMILES string of the molecule is c1ccc(-c2ccc3ccccc3c2-c2cccc3cc4ccccc4cc23)cc1. The highest BCUT2D eigenvalue weighted by atomic mass is 14.2. The highest BCUT2D eigenvalue weighted by molar-refractivity contribution is 6.12. The molecule has 0 aromatic heterocycles. The second-order valence-electron chi connectivity index (χ2n) is 7.80. The molecule has 140 valence electrons. The maximum absolute atomic E-state index is 2.34. The second kappa shape index (κ2) is 6.86. The van der Waals surface area contributed by atoms with Crippen LogP contribution in [0, 0.1) is 0 Å². The van der Waals surface area contributed by atoms with Crippen LogP contribution in [0.2, 0.25) is 0 Å². The predicted octanol–water partition coefficient (Wildman–Crippen LogP) is 8.48. The Morgan fingerprint density at radius 2 is 1.00 bits per heavy atom. The molecular weight excluding hydrogens is 360 g/mol. The molecule has 0 atom stereocenters. The molecule has 0 saturated carbocycles. The summed E-state index contributed by atoms with van der Waals surface area (Å²) in [4.78, 5) is 0. The summed E-state index contributed by atoms with van der Waals surface area (Å²) in [7, 11) is 0. The van der Waals surface area contributed by atoms with E-state index < -0.39 is 0 Å². The molecule has 0 unspecified atom stereocenters. The quantitative estimate of drug-likeness (QED) is 0.264. The van der Waals surface area contributed by atoms with Crippen LogP contribution in [0.25, 0.3) is 54.6 Å². The fraction of sp³-hybridized carbons (Fsp3) is 0. The largest absolute Gasteiger partial charge is 0.0622 e. The summed E-state index contributed by atoms with van der Waals surface area (Å²) in [5.74, 6) is 0. The van der Waals surface area contributed by atoms with E-state index in [0.717, 1.165) is 0 Å². The average molecular weight is 380 g/mol. The van der Waals surface area contributed by atoms with Crippen molar-refractivity contribution in [3.8, 4) is 22.3 Å². The van der Waals surface area contributed by atoms with E-state index >= 15 is 0 Å². The number of hydrogen-bond donors (Lipinski definition) is 0. The van der Waals surface area contributed by atoms with Gasteiger partial charge in [-0.2, -0.15) is 0 Å². The van der Waals surface area contributed by atoms with Crippen LogP contribution >= 0.6 is 0 Å². The number of rotatable bonds is 2. The van der Waals surface area contributed by atoms with Gasteiger partial charge in [0, 0.05) is 0 Å². The van der Waals surface area contributed by atoms with Crippen molar-refractivity contribution in [3.63, 3.8) is 0 Å². The Morgan fingerprint density at radius 3 is 1.83 bits per heavy atom. The van der Waals surface area contributed by atoms with Gasteiger partial charge >= 0.3 is 0 Å². The van der Waals surface area contributed by atoms with Gasteiger partial charge in [-0.1, -0.05) is 109 Å². The molecule has 0 N–H and O–H groups in total. The van der Waals surface area contributed by atoms with Crippen LogP contribution in [-0.4, -0.2) is 0 Å². The maximum atomic E-state index is 2.34. The summed E-state index contributed by atoms with van der Waals surface area (Å²) in [5.41, 5.74) is 5.11. The molecule has 0 aliphatic heterocycles. The van der Waals surface area contributed by atoms with Crippen molar-refractivity contribution in [3.05, 3.63) is 121 Å². The summed E-state index contributed by atoms with van der Waals surface area (Å²) in [5, 5.41) is 7.69. The van der Waals surface area contributed by atoms with E-state index in [1.165, 1.54) is 54.6 Å². The molecule has 0 saturated heterocycles. The van der Waals surface area contributed by atoms with Crippen LogP contribution < -0.4 is 0 Å². The maximum Gasteiger partial charge on any atom is -0.00206 e. The third kappa shape index (κ3) is 2.69. The van der Waals surface area contributed by atoms with E-state index in [1.54, 1.807) is 0 Å². The average Bonchev–Trinajstić information content (AvgIpc) is 2.82. The van der Waals surface area contributed by atoms with Crippen LogP contribution in [-0.2, 0) is 0 Å². The lowest BCUT2D eigenvalue weighted by atomic mass is 9.87. The zero-order valence-electron chi connectivity index (χ0n) is 16.5. The standard InChI is InChI=1S/C30H20/c1-2-9-21(10-3-1)27-18-17-22-11-6-7-15-26(22)30(27)28-16-8-14-25-19-23-12-4-5-13-24(23)20-29(25)28/h1-20H. The van der Waals surface area contributed by atoms with Crippen LogP contribution in [0.3, 0.4) is 0 Å². The summed E-state index contributed by atoms with van der Waals surface area (Å²) in [6.45, 7) is 0. The molecule has 6 aromatic rings. The molecule has 0 aliphatic carbocycles. The van der Waals surface area contributed by atoms with Crippen molar-refractivity contribution >= 4 is 32.3 Å². The van der Waals surface area contributed by atoms with Crippen molar-refractivity contribution in [2.24, 2.45) is 0 Å². The lowest BCUT2D eigenvalue weighted by molar-refractivity contribution is 1.63. The van der Waals surface area contributed by atoms with Crippen molar-refractivity contribution in [2.45, 2.75) is 0 Å². The lowest BCUT2D eigenvalue weighted by Crippen LogP contribution is -1.90. The van der Waals surface area contributed by atoms with Gasteiger partial charge in [0.2, 0.25) is 0 Å². The smallest absolute Gasteiger partial charge is 0.00206 e. The molecule has 0 nitrogen and oxygen atoms in total. The molecule has 6 rings (SSSR count). The minimum atomic E-state index is 1.25. The van der Waals surface area contributed by atoms with E-state index in [1.807, 2.05) is 0 Å². The Hall–Kier alpha value is -3.90. The van der Waals surface area contributed by atoms with Gasteiger partial charge in [0.1, 0.15) is 0 Å². The van der Waals surface area contributed by atoms with E-state index in [-0.39, 0.29) is 0 Å². The summed E-state index contributed by atoms with van der Waals surface area (Å²) >= 11 is 0. The zero-order chi connectivity index (χ0) is 19.9. The highest BCUT2D eigenvalue weighted by Crippen LogP contribution is 2.41. The van der Waals surface area contributed by atoms with Crippen LogP contribution in [0.5, 0.6) is 0 Å². The second-order valence-corrected chi connectivity index (χ2v) is 7.80. The summed E-state index contributed by atoms with van der Waals surface area (Å²) in [6, 6.07) is 43.9. The highest BCUT2D eigenvalue weighted by Gasteiger charge is 2.14. The summed E-state index contributed by atoms with van der Waals surface area (Å²) < 4.78 is 0. The normalized spacial score (nSPS) is 11.3. The van der Waals surface area contributed by atoms with Gasteiger partial charge in [-0.3, -0.25) is 0 Å². The monoisotopic (exact) mass is 380 g/mol. The molecule has 0 bridgehead atoms. The third-order valence-electron chi connectivity index (χ3n) is 6.03. The topological polar surface area (TPSA) is 0 Å². The first kappa shape index (κ1) is 17.0. The zero-order valence-corrected chi connectivity index (χ0v) is 16.5. The van der Waals surface area contributed by atoms with Crippen molar-refractivity contribution in [1.29, 1.82) is 0 Å². The fourth-order valence-electron chi connectivity index (χ4n) is 4.60. The van der Waals surface area contributed by atoms with Gasteiger partial charge in [0.05, 0.1) is 0 Å². The first-order valence-electron chi connectivity index (χ1n) is 10.4. The number of fused-ring (bicyclic) bond motifs is 3. The van der Waals surface area contributed by atoms with Gasteiger partial charge in [-0.05, 0) is 66.7 Å². The predicted molar refractivity (Wildman–Crippen MR) is 130 cm³/mol. The minimum absolute atomic E-state index is 1.25. The van der Waals surface area contributed by atoms with Gasteiger partial charge in [-0.15, -0.1) is 0 Å². The Labute approximate surface area is 176 Å².